The van der Waals surface area contributed by atoms with Crippen molar-refractivity contribution in [1.82, 2.24) is 14.5 Å². The molecule has 0 aliphatic heterocycles. The largest absolute Gasteiger partial charge is 0.382 e. The number of hydrogen-bond donors (Lipinski definition) is 3. The van der Waals surface area contributed by atoms with Crippen molar-refractivity contribution in [3.63, 3.8) is 0 Å². The molecule has 3 rings (SSSR count). The van der Waals surface area contributed by atoms with Crippen molar-refractivity contribution < 1.29 is 22.0 Å². The van der Waals surface area contributed by atoms with Crippen LogP contribution in [0.2, 0.25) is 0 Å². The molecule has 1 amide bonds. The Morgan fingerprint density at radius 1 is 1.28 bits per heavy atom. The van der Waals surface area contributed by atoms with Gasteiger partial charge in [-0.05, 0) is 18.6 Å². The summed E-state index contributed by atoms with van der Waals surface area (Å²) in [6.45, 7) is 1.65. The van der Waals surface area contributed by atoms with Crippen LogP contribution >= 0.6 is 0 Å². The molecule has 0 atom stereocenters. The number of nitrogens with two attached hydrogens (primary N) is 1. The molecule has 0 aliphatic rings. The molecule has 0 bridgehead atoms. The first kappa shape index (κ1) is 20.5. The summed E-state index contributed by atoms with van der Waals surface area (Å²) in [6, 6.07) is 1.80. The molecule has 2 aromatic heterocycles. The summed E-state index contributed by atoms with van der Waals surface area (Å²) in [5.41, 5.74) is 5.14. The quantitative estimate of drug-likeness (QED) is 0.556. The number of fused-ring (bicyclic) bond motifs is 1. The van der Waals surface area contributed by atoms with Crippen LogP contribution < -0.4 is 15.8 Å². The van der Waals surface area contributed by atoms with Crippen LogP contribution in [-0.4, -0.2) is 34.6 Å². The summed E-state index contributed by atoms with van der Waals surface area (Å²) in [5.74, 6) is -3.25. The van der Waals surface area contributed by atoms with Crippen LogP contribution in [-0.2, 0) is 17.1 Å². The van der Waals surface area contributed by atoms with E-state index in [0.717, 1.165) is 12.1 Å². The Bertz CT molecular complexity index is 1210. The number of carbonyl (C=O) groups excluding carboxylic acids is 1. The van der Waals surface area contributed by atoms with Gasteiger partial charge in [0.1, 0.15) is 28.9 Å². The number of amides is 1. The Labute approximate surface area is 165 Å². The molecule has 3 aromatic rings. The van der Waals surface area contributed by atoms with Gasteiger partial charge in [-0.1, -0.05) is 6.92 Å². The lowest BCUT2D eigenvalue weighted by atomic mass is 10.2. The third kappa shape index (κ3) is 3.97. The maximum Gasteiger partial charge on any atom is 0.259 e. The van der Waals surface area contributed by atoms with Crippen molar-refractivity contribution in [2.24, 2.45) is 7.05 Å². The first-order valence-electron chi connectivity index (χ1n) is 8.50. The molecule has 4 N–H and O–H groups in total. The van der Waals surface area contributed by atoms with Crippen molar-refractivity contribution in [1.29, 1.82) is 0 Å². The van der Waals surface area contributed by atoms with Crippen molar-refractivity contribution in [2.75, 3.05) is 21.5 Å². The summed E-state index contributed by atoms with van der Waals surface area (Å²) in [6.07, 6.45) is 2.88. The van der Waals surface area contributed by atoms with Gasteiger partial charge in [0.2, 0.25) is 10.0 Å². The van der Waals surface area contributed by atoms with Crippen LogP contribution in [0, 0.1) is 11.6 Å². The molecule has 0 fully saturated rings. The van der Waals surface area contributed by atoms with E-state index in [1.54, 1.807) is 14.0 Å². The monoisotopic (exact) mass is 424 g/mol. The highest BCUT2D eigenvalue weighted by molar-refractivity contribution is 7.92. The number of aromatic nitrogens is 3. The predicted octanol–water partition coefficient (Wildman–Crippen LogP) is 2.23. The van der Waals surface area contributed by atoms with Crippen molar-refractivity contribution in [3.05, 3.63) is 41.9 Å². The number of carbonyl (C=O) groups is 1. The lowest BCUT2D eigenvalue weighted by Crippen LogP contribution is -2.19. The van der Waals surface area contributed by atoms with Crippen molar-refractivity contribution in [3.8, 4) is 0 Å². The van der Waals surface area contributed by atoms with E-state index in [4.69, 9.17) is 5.73 Å². The minimum Gasteiger partial charge on any atom is -0.382 e. The summed E-state index contributed by atoms with van der Waals surface area (Å²) in [7, 11) is -2.19. The van der Waals surface area contributed by atoms with Gasteiger partial charge in [0.25, 0.3) is 5.91 Å². The van der Waals surface area contributed by atoms with Gasteiger partial charge in [-0.3, -0.25) is 9.52 Å². The highest BCUT2D eigenvalue weighted by Crippen LogP contribution is 2.28. The standard InChI is InChI=1S/C17H18F2N6O3S/c1-3-6-29(27,28)24-11-5-4-10(18)14(12(11)19)23-17(26)9-7-25(2)15-13(9)21-8-22-16(15)20/h4-5,7-8,24H,3,6H2,1-2H3,(H,23,26)(H2,20,21,22). The molecule has 1 aromatic carbocycles. The second-order valence-corrected chi connectivity index (χ2v) is 8.11. The van der Waals surface area contributed by atoms with E-state index in [0.29, 0.717) is 11.9 Å². The van der Waals surface area contributed by atoms with E-state index in [9.17, 15) is 22.0 Å². The van der Waals surface area contributed by atoms with Crippen LogP contribution in [0.3, 0.4) is 0 Å². The third-order valence-electron chi connectivity index (χ3n) is 4.09. The number of rotatable bonds is 6. The van der Waals surface area contributed by atoms with Crippen LogP contribution in [0.1, 0.15) is 23.7 Å². The van der Waals surface area contributed by atoms with Crippen LogP contribution in [0.5, 0.6) is 0 Å². The van der Waals surface area contributed by atoms with Gasteiger partial charge in [-0.2, -0.15) is 0 Å². The summed E-state index contributed by atoms with van der Waals surface area (Å²) in [4.78, 5) is 20.5. The number of benzene rings is 1. The zero-order chi connectivity index (χ0) is 21.3. The number of nitrogens with zero attached hydrogens (tertiary/aromatic N) is 3. The second kappa shape index (κ2) is 7.62. The minimum atomic E-state index is -3.81. The van der Waals surface area contributed by atoms with E-state index in [2.05, 4.69) is 15.3 Å². The molecular weight excluding hydrogens is 406 g/mol. The molecule has 0 aliphatic carbocycles. The molecule has 0 saturated heterocycles. The van der Waals surface area contributed by atoms with E-state index in [-0.39, 0.29) is 22.7 Å². The van der Waals surface area contributed by atoms with Crippen LogP contribution in [0.25, 0.3) is 11.0 Å². The number of sulfonamides is 1. The lowest BCUT2D eigenvalue weighted by molar-refractivity contribution is 0.102. The zero-order valence-corrected chi connectivity index (χ0v) is 16.3. The molecule has 0 spiro atoms. The average Bonchev–Trinajstić information content (AvgIpc) is 2.99. The fourth-order valence-electron chi connectivity index (χ4n) is 2.84. The summed E-state index contributed by atoms with van der Waals surface area (Å²) in [5, 5.41) is 2.14. The molecule has 9 nitrogen and oxygen atoms in total. The molecule has 12 heteroatoms. The molecule has 0 saturated carbocycles. The first-order chi connectivity index (χ1) is 13.6. The Hall–Kier alpha value is -3.28. The Morgan fingerprint density at radius 3 is 2.69 bits per heavy atom. The number of hydrogen-bond acceptors (Lipinski definition) is 6. The van der Waals surface area contributed by atoms with Crippen molar-refractivity contribution in [2.45, 2.75) is 13.3 Å². The van der Waals surface area contributed by atoms with Gasteiger partial charge in [0.15, 0.2) is 11.6 Å². The predicted molar refractivity (Wildman–Crippen MR) is 105 cm³/mol. The average molecular weight is 424 g/mol. The topological polar surface area (TPSA) is 132 Å². The second-order valence-electron chi connectivity index (χ2n) is 6.27. The fraction of sp³-hybridized carbons (Fsp3) is 0.235. The Kier molecular flexibility index (Phi) is 5.38. The van der Waals surface area contributed by atoms with Crippen LogP contribution in [0.15, 0.2) is 24.7 Å². The fourth-order valence-corrected chi connectivity index (χ4v) is 3.97. The molecule has 0 radical (unpaired) electrons. The lowest BCUT2D eigenvalue weighted by Gasteiger charge is -2.12. The van der Waals surface area contributed by atoms with E-state index >= 15 is 0 Å². The van der Waals surface area contributed by atoms with Gasteiger partial charge in [0.05, 0.1) is 17.0 Å². The number of halogens is 2. The smallest absolute Gasteiger partial charge is 0.259 e. The first-order valence-corrected chi connectivity index (χ1v) is 10.1. The molecule has 29 heavy (non-hydrogen) atoms. The van der Waals surface area contributed by atoms with Gasteiger partial charge >= 0.3 is 0 Å². The maximum atomic E-state index is 14.7. The van der Waals surface area contributed by atoms with Crippen molar-refractivity contribution >= 4 is 44.2 Å². The SMILES string of the molecule is CCCS(=O)(=O)Nc1ccc(F)c(NC(=O)c2cn(C)c3c(N)ncnc23)c1F. The molecular formula is C17H18F2N6O3S. The van der Waals surface area contributed by atoms with E-state index < -0.39 is 38.9 Å². The van der Waals surface area contributed by atoms with Gasteiger partial charge < -0.3 is 15.6 Å². The third-order valence-corrected chi connectivity index (χ3v) is 5.57. The minimum absolute atomic E-state index is 0.0207. The number of aryl methyl sites for hydroxylation is 1. The van der Waals surface area contributed by atoms with E-state index in [1.807, 2.05) is 4.72 Å². The summed E-state index contributed by atoms with van der Waals surface area (Å²) < 4.78 is 56.3. The highest BCUT2D eigenvalue weighted by atomic mass is 32.2. The van der Waals surface area contributed by atoms with Gasteiger partial charge in [-0.15, -0.1) is 0 Å². The zero-order valence-electron chi connectivity index (χ0n) is 15.5. The van der Waals surface area contributed by atoms with Gasteiger partial charge in [-0.25, -0.2) is 27.2 Å². The molecule has 0 unspecified atom stereocenters. The van der Waals surface area contributed by atoms with Gasteiger partial charge in [0, 0.05) is 13.2 Å². The normalized spacial score (nSPS) is 11.6. The molecule has 2 heterocycles. The molecule has 154 valence electrons. The highest BCUT2D eigenvalue weighted by Gasteiger charge is 2.23. The maximum absolute atomic E-state index is 14.7. The Balaban J connectivity index is 1.98. The Morgan fingerprint density at radius 2 is 2.00 bits per heavy atom. The summed E-state index contributed by atoms with van der Waals surface area (Å²) >= 11 is 0. The number of nitrogen functional groups attached to an aromatic ring is 1. The number of nitrogens with one attached hydrogen (secondary N) is 2. The van der Waals surface area contributed by atoms with Crippen LogP contribution in [0.4, 0.5) is 26.0 Å². The number of anilines is 3. The van der Waals surface area contributed by atoms with E-state index in [1.165, 1.54) is 17.1 Å².